The second-order valence-corrected chi connectivity index (χ2v) is 0.762. The smallest absolute Gasteiger partial charge is 1.00 e. The Balaban J connectivity index is -0.0000000233. The largest absolute Gasteiger partial charge is 1.00 e. The van der Waals surface area contributed by atoms with Crippen LogP contribution in [0.15, 0.2) is 0 Å². The molecule has 0 saturated carbocycles. The molecule has 0 bridgehead atoms. The van der Waals surface area contributed by atoms with Gasteiger partial charge in [-0.25, -0.2) is 5.41 Å². The topological polar surface area (TPSA) is 99.7 Å². The summed E-state index contributed by atoms with van der Waals surface area (Å²) < 4.78 is 0. The Morgan fingerprint density at radius 3 is 1.62 bits per heavy atom. The van der Waals surface area contributed by atoms with E-state index in [0.29, 0.717) is 0 Å². The van der Waals surface area contributed by atoms with E-state index >= 15 is 0 Å². The number of nitrogens with two attached hydrogens (primary N) is 2. The molecule has 0 unspecified atom stereocenters. The fourth-order valence-electron chi connectivity index (χ4n) is 0. The first-order valence-corrected chi connectivity index (χ1v) is 1.69. The van der Waals surface area contributed by atoms with Gasteiger partial charge in [-0.15, -0.1) is 0 Å². The minimum Gasteiger partial charge on any atom is -1.00 e. The van der Waals surface area contributed by atoms with E-state index < -0.39 is 0 Å². The molecule has 0 fully saturated rings. The zero-order chi connectivity index (χ0) is 6.28. The first kappa shape index (κ1) is 16.1. The van der Waals surface area contributed by atoms with Crippen LogP contribution in [-0.4, -0.2) is 11.1 Å². The summed E-state index contributed by atoms with van der Waals surface area (Å²) in [5, 5.41) is 13.4. The standard InChI is InChI=1S/CH5N3.CHNS.Cs.H/c2-1(3)4;2-1-3;;/h(H5,2,3,4);2H;;/q;;+1;-1. The molecule has 4 nitrogen and oxygen atoms in total. The monoisotopic (exact) mass is 252 g/mol. The quantitative estimate of drug-likeness (QED) is 0.205. The third kappa shape index (κ3) is 212. The second kappa shape index (κ2) is 15.7. The van der Waals surface area contributed by atoms with Crippen LogP contribution in [0.5, 0.6) is 0 Å². The van der Waals surface area contributed by atoms with Crippen LogP contribution < -0.4 is 80.4 Å². The van der Waals surface area contributed by atoms with Gasteiger partial charge in [0, 0.05) is 0 Å². The fourth-order valence-corrected chi connectivity index (χ4v) is 0. The van der Waals surface area contributed by atoms with Crippen molar-refractivity contribution >= 4 is 23.3 Å². The van der Waals surface area contributed by atoms with Crippen molar-refractivity contribution in [2.24, 2.45) is 11.5 Å². The van der Waals surface area contributed by atoms with Gasteiger partial charge in [0.25, 0.3) is 0 Å². The van der Waals surface area contributed by atoms with Crippen LogP contribution in [-0.2, 0) is 0 Å². The summed E-state index contributed by atoms with van der Waals surface area (Å²) in [6, 6.07) is 0. The van der Waals surface area contributed by atoms with Gasteiger partial charge < -0.3 is 12.9 Å². The SMILES string of the molecule is N=C(N)N.N=C=S.[Cs+].[H-]. The maximum Gasteiger partial charge on any atom is 1.00 e. The molecular formula is C2H7CsN4S. The molecule has 0 aliphatic carbocycles. The Labute approximate surface area is 113 Å². The van der Waals surface area contributed by atoms with Crippen LogP contribution in [0.1, 0.15) is 1.43 Å². The van der Waals surface area contributed by atoms with Gasteiger partial charge in [-0.2, -0.15) is 0 Å². The molecule has 0 spiro atoms. The van der Waals surface area contributed by atoms with E-state index in [1.807, 2.05) is 0 Å². The van der Waals surface area contributed by atoms with Crippen molar-refractivity contribution in [3.8, 4) is 0 Å². The predicted octanol–water partition coefficient (Wildman–Crippen LogP) is -3.38. The van der Waals surface area contributed by atoms with Gasteiger partial charge in [0.05, 0.1) is 5.16 Å². The molecule has 0 aliphatic rings. The molecule has 0 heterocycles. The van der Waals surface area contributed by atoms with Crippen molar-refractivity contribution in [3.05, 3.63) is 0 Å². The van der Waals surface area contributed by atoms with E-state index in [9.17, 15) is 0 Å². The average Bonchev–Trinajstić information content (AvgIpc) is 1.33. The Bertz CT molecular complexity index is 86.6. The number of nitrogens with one attached hydrogen (secondary N) is 2. The minimum atomic E-state index is -0.333. The van der Waals surface area contributed by atoms with Crippen molar-refractivity contribution in [2.45, 2.75) is 0 Å². The molecule has 0 aliphatic heterocycles. The van der Waals surface area contributed by atoms with Crippen LogP contribution in [0.25, 0.3) is 0 Å². The Morgan fingerprint density at radius 1 is 1.62 bits per heavy atom. The normalized spacial score (nSPS) is 4.00. The molecule has 8 heavy (non-hydrogen) atoms. The van der Waals surface area contributed by atoms with E-state index in [2.05, 4.69) is 23.7 Å². The van der Waals surface area contributed by atoms with Crippen molar-refractivity contribution < 1.29 is 70.3 Å². The van der Waals surface area contributed by atoms with Gasteiger partial charge in [0.1, 0.15) is 0 Å². The molecule has 6 N–H and O–H groups in total. The van der Waals surface area contributed by atoms with Crippen molar-refractivity contribution in [1.82, 2.24) is 0 Å². The van der Waals surface area contributed by atoms with E-state index in [1.165, 1.54) is 0 Å². The molecule has 0 amide bonds. The minimum absolute atomic E-state index is 0. The Hall–Kier alpha value is 1.12. The number of thiocarbonyl (C=S) groups is 1. The fraction of sp³-hybridized carbons (Fsp3) is 0. The summed E-state index contributed by atoms with van der Waals surface area (Å²) in [5.74, 6) is -0.333. The maximum absolute atomic E-state index is 6.06. The predicted molar refractivity (Wildman–Crippen MR) is 32.5 cm³/mol. The van der Waals surface area contributed by atoms with Gasteiger partial charge in [0.2, 0.25) is 0 Å². The summed E-state index contributed by atoms with van der Waals surface area (Å²) in [7, 11) is 0. The first-order chi connectivity index (χ1) is 3.15. The summed E-state index contributed by atoms with van der Waals surface area (Å²) in [6.07, 6.45) is 0. The molecule has 0 saturated heterocycles. The number of guanidine groups is 1. The van der Waals surface area contributed by atoms with Crippen LogP contribution >= 0.6 is 12.2 Å². The number of hydrogen-bond donors (Lipinski definition) is 4. The summed E-state index contributed by atoms with van der Waals surface area (Å²) in [4.78, 5) is 0. The van der Waals surface area contributed by atoms with Gasteiger partial charge in [-0.05, 0) is 12.2 Å². The Kier molecular flexibility index (Phi) is 31.5. The number of hydrogen-bond acceptors (Lipinski definition) is 3. The summed E-state index contributed by atoms with van der Waals surface area (Å²) >= 11 is 3.81. The van der Waals surface area contributed by atoms with Gasteiger partial charge in [-0.3, -0.25) is 5.41 Å². The third-order valence-electron chi connectivity index (χ3n) is 0. The van der Waals surface area contributed by atoms with Gasteiger partial charge in [0.15, 0.2) is 5.96 Å². The summed E-state index contributed by atoms with van der Waals surface area (Å²) in [5.41, 5.74) is 8.94. The van der Waals surface area contributed by atoms with E-state index in [-0.39, 0.29) is 76.3 Å². The van der Waals surface area contributed by atoms with Crippen molar-refractivity contribution in [3.63, 3.8) is 0 Å². The molecule has 42 valence electrons. The number of rotatable bonds is 0. The molecule has 0 radical (unpaired) electrons. The second-order valence-electron chi connectivity index (χ2n) is 0.557. The van der Waals surface area contributed by atoms with Crippen molar-refractivity contribution in [1.29, 1.82) is 10.8 Å². The molecule has 6 heteroatoms. The van der Waals surface area contributed by atoms with Crippen molar-refractivity contribution in [2.75, 3.05) is 0 Å². The molecule has 0 rings (SSSR count). The molecule has 0 aromatic carbocycles. The van der Waals surface area contributed by atoms with Gasteiger partial charge in [-0.1, -0.05) is 0 Å². The van der Waals surface area contributed by atoms with Crippen LogP contribution in [0.4, 0.5) is 0 Å². The molecule has 0 aromatic rings. The Morgan fingerprint density at radius 2 is 1.62 bits per heavy atom. The maximum atomic E-state index is 6.06. The van der Waals surface area contributed by atoms with E-state index in [0.717, 1.165) is 0 Å². The van der Waals surface area contributed by atoms with E-state index in [4.69, 9.17) is 10.8 Å². The summed E-state index contributed by atoms with van der Waals surface area (Å²) in [6.45, 7) is 0. The molecule has 0 atom stereocenters. The van der Waals surface area contributed by atoms with Crippen LogP contribution in [0.2, 0.25) is 0 Å². The zero-order valence-electron chi connectivity index (χ0n) is 5.56. The third-order valence-corrected chi connectivity index (χ3v) is 0. The van der Waals surface area contributed by atoms with Gasteiger partial charge >= 0.3 is 68.9 Å². The van der Waals surface area contributed by atoms with E-state index in [1.54, 1.807) is 5.16 Å². The first-order valence-electron chi connectivity index (χ1n) is 1.28. The average molecular weight is 252 g/mol. The zero-order valence-corrected chi connectivity index (χ0v) is 11.7. The number of isothiocyanates is 1. The molecular weight excluding hydrogens is 245 g/mol. The molecule has 0 aromatic heterocycles. The van der Waals surface area contributed by atoms with Crippen LogP contribution in [0.3, 0.4) is 0 Å². The van der Waals surface area contributed by atoms with Crippen LogP contribution in [0, 0.1) is 10.8 Å².